The highest BCUT2D eigenvalue weighted by molar-refractivity contribution is 7.16. The van der Waals surface area contributed by atoms with Crippen LogP contribution in [0.5, 0.6) is 0 Å². The lowest BCUT2D eigenvalue weighted by Crippen LogP contribution is -2.05. The van der Waals surface area contributed by atoms with Crippen LogP contribution in [0.1, 0.15) is 26.9 Å². The molecule has 102 valence electrons. The first-order valence-electron chi connectivity index (χ1n) is 5.36. The van der Waals surface area contributed by atoms with Crippen molar-refractivity contribution in [1.82, 2.24) is 0 Å². The average Bonchev–Trinajstić information content (AvgIpc) is 2.68. The number of thiophene rings is 1. The monoisotopic (exact) mass is 324 g/mol. The van der Waals surface area contributed by atoms with Crippen molar-refractivity contribution in [2.24, 2.45) is 0 Å². The quantitative estimate of drug-likeness (QED) is 0.589. The lowest BCUT2D eigenvalue weighted by molar-refractivity contribution is -0.137. The summed E-state index contributed by atoms with van der Waals surface area (Å²) in [5.74, 6) is 0. The highest BCUT2D eigenvalue weighted by Gasteiger charge is 2.31. The van der Waals surface area contributed by atoms with E-state index in [1.165, 1.54) is 17.4 Å². The van der Waals surface area contributed by atoms with Gasteiger partial charge in [0.2, 0.25) is 0 Å². The molecule has 1 atom stereocenters. The van der Waals surface area contributed by atoms with Crippen molar-refractivity contribution in [2.75, 3.05) is 0 Å². The van der Waals surface area contributed by atoms with Crippen LogP contribution in [-0.4, -0.2) is 0 Å². The molecule has 0 N–H and O–H groups in total. The maximum atomic E-state index is 12.6. The summed E-state index contributed by atoms with van der Waals surface area (Å²) in [6.45, 7) is 1.83. The Morgan fingerprint density at radius 2 is 1.89 bits per heavy atom. The normalized spacial score (nSPS) is 13.6. The zero-order valence-corrected chi connectivity index (χ0v) is 12.1. The van der Waals surface area contributed by atoms with Crippen LogP contribution >= 0.6 is 34.5 Å². The molecule has 0 aliphatic rings. The van der Waals surface area contributed by atoms with Crippen molar-refractivity contribution in [3.8, 4) is 0 Å². The van der Waals surface area contributed by atoms with E-state index in [9.17, 15) is 13.2 Å². The predicted molar refractivity (Wildman–Crippen MR) is 73.2 cm³/mol. The number of rotatable bonds is 2. The fourth-order valence-electron chi connectivity index (χ4n) is 1.65. The van der Waals surface area contributed by atoms with Gasteiger partial charge >= 0.3 is 6.18 Å². The Morgan fingerprint density at radius 1 is 1.21 bits per heavy atom. The van der Waals surface area contributed by atoms with Gasteiger partial charge < -0.3 is 0 Å². The maximum absolute atomic E-state index is 12.6. The van der Waals surface area contributed by atoms with E-state index in [0.29, 0.717) is 9.90 Å². The molecule has 0 nitrogen and oxygen atoms in total. The summed E-state index contributed by atoms with van der Waals surface area (Å²) in [5.41, 5.74) is 0.587. The third kappa shape index (κ3) is 3.25. The van der Waals surface area contributed by atoms with Crippen molar-refractivity contribution in [2.45, 2.75) is 18.5 Å². The molecule has 0 saturated carbocycles. The van der Waals surface area contributed by atoms with E-state index in [1.54, 1.807) is 12.1 Å². The molecule has 0 spiro atoms. The number of aryl methyl sites for hydroxylation is 1. The molecule has 6 heteroatoms. The fourth-order valence-corrected chi connectivity index (χ4v) is 3.20. The molecule has 0 saturated heterocycles. The summed E-state index contributed by atoms with van der Waals surface area (Å²) in [6.07, 6.45) is -4.37. The lowest BCUT2D eigenvalue weighted by atomic mass is 10.1. The van der Waals surface area contributed by atoms with Crippen molar-refractivity contribution in [1.29, 1.82) is 0 Å². The van der Waals surface area contributed by atoms with E-state index >= 15 is 0 Å². The van der Waals surface area contributed by atoms with Gasteiger partial charge in [-0.25, -0.2) is 0 Å². The Hall–Kier alpha value is -0.710. The van der Waals surface area contributed by atoms with Crippen LogP contribution in [0.25, 0.3) is 0 Å². The Labute approximate surface area is 122 Å². The minimum Gasteiger partial charge on any atom is -0.166 e. The first kappa shape index (κ1) is 14.7. The molecular weight excluding hydrogens is 316 g/mol. The van der Waals surface area contributed by atoms with Crippen LogP contribution in [0, 0.1) is 6.92 Å². The largest absolute Gasteiger partial charge is 0.416 e. The smallest absolute Gasteiger partial charge is 0.166 e. The molecule has 1 heterocycles. The Morgan fingerprint density at radius 3 is 2.42 bits per heavy atom. The molecule has 1 aromatic carbocycles. The Bertz CT molecular complexity index is 570. The van der Waals surface area contributed by atoms with E-state index in [4.69, 9.17) is 23.2 Å². The van der Waals surface area contributed by atoms with Gasteiger partial charge in [-0.05, 0) is 36.2 Å². The summed E-state index contributed by atoms with van der Waals surface area (Å²) >= 11 is 13.5. The second-order valence-corrected chi connectivity index (χ2v) is 6.21. The zero-order chi connectivity index (χ0) is 14.2. The van der Waals surface area contributed by atoms with Gasteiger partial charge in [-0.3, -0.25) is 0 Å². The van der Waals surface area contributed by atoms with Gasteiger partial charge in [0.05, 0.1) is 15.3 Å². The van der Waals surface area contributed by atoms with Gasteiger partial charge in [-0.1, -0.05) is 23.7 Å². The molecule has 0 fully saturated rings. The van der Waals surface area contributed by atoms with Crippen LogP contribution in [0.2, 0.25) is 4.34 Å². The maximum Gasteiger partial charge on any atom is 0.416 e. The molecule has 19 heavy (non-hydrogen) atoms. The number of hydrogen-bond acceptors (Lipinski definition) is 1. The third-order valence-corrected chi connectivity index (χ3v) is 4.87. The van der Waals surface area contributed by atoms with E-state index in [1.807, 2.05) is 6.92 Å². The Kier molecular flexibility index (Phi) is 4.14. The van der Waals surface area contributed by atoms with Gasteiger partial charge in [0.15, 0.2) is 0 Å². The van der Waals surface area contributed by atoms with E-state index < -0.39 is 17.1 Å². The molecule has 0 radical (unpaired) electrons. The van der Waals surface area contributed by atoms with Crippen molar-refractivity contribution >= 4 is 34.5 Å². The fraction of sp³-hybridized carbons (Fsp3) is 0.231. The molecule has 2 rings (SSSR count). The van der Waals surface area contributed by atoms with E-state index in [0.717, 1.165) is 22.6 Å². The van der Waals surface area contributed by atoms with Crippen LogP contribution in [0.3, 0.4) is 0 Å². The molecular formula is C13H9Cl2F3S. The molecule has 0 amide bonds. The minimum absolute atomic E-state index is 0.411. The molecule has 2 aromatic rings. The molecule has 0 aliphatic carbocycles. The summed E-state index contributed by atoms with van der Waals surface area (Å²) in [6, 6.07) is 6.83. The zero-order valence-electron chi connectivity index (χ0n) is 9.76. The average molecular weight is 325 g/mol. The molecule has 0 aliphatic heterocycles. The summed E-state index contributed by atoms with van der Waals surface area (Å²) in [7, 11) is 0. The number of hydrogen-bond donors (Lipinski definition) is 0. The minimum atomic E-state index is -4.37. The van der Waals surface area contributed by atoms with E-state index in [-0.39, 0.29) is 0 Å². The summed E-state index contributed by atoms with van der Waals surface area (Å²) < 4.78 is 38.5. The molecule has 0 bridgehead atoms. The van der Waals surface area contributed by atoms with Crippen LogP contribution in [-0.2, 0) is 6.18 Å². The van der Waals surface area contributed by atoms with Crippen molar-refractivity contribution < 1.29 is 13.2 Å². The topological polar surface area (TPSA) is 0 Å². The first-order valence-corrected chi connectivity index (χ1v) is 6.99. The van der Waals surface area contributed by atoms with E-state index in [2.05, 4.69) is 0 Å². The SMILES string of the molecule is Cc1cc(C(Cl)c2cccc(C(F)(F)F)c2)sc1Cl. The standard InChI is InChI=1S/C13H9Cl2F3S/c1-7-5-10(19-12(7)15)11(14)8-3-2-4-9(6-8)13(16,17)18/h2-6,11H,1H3. The number of benzene rings is 1. The second-order valence-electron chi connectivity index (χ2n) is 4.09. The molecule has 1 unspecified atom stereocenters. The number of halogens is 5. The van der Waals surface area contributed by atoms with Crippen molar-refractivity contribution in [3.05, 3.63) is 56.2 Å². The highest BCUT2D eigenvalue weighted by Crippen LogP contribution is 2.39. The Balaban J connectivity index is 2.36. The van der Waals surface area contributed by atoms with Gasteiger partial charge in [0.25, 0.3) is 0 Å². The third-order valence-electron chi connectivity index (χ3n) is 2.63. The van der Waals surface area contributed by atoms with Gasteiger partial charge in [-0.2, -0.15) is 13.2 Å². The molecule has 1 aromatic heterocycles. The second kappa shape index (κ2) is 5.35. The predicted octanol–water partition coefficient (Wildman–Crippen LogP) is 6.06. The van der Waals surface area contributed by atoms with Crippen molar-refractivity contribution in [3.63, 3.8) is 0 Å². The van der Waals surface area contributed by atoms with Crippen LogP contribution in [0.15, 0.2) is 30.3 Å². The van der Waals surface area contributed by atoms with Crippen LogP contribution < -0.4 is 0 Å². The van der Waals surface area contributed by atoms with Crippen LogP contribution in [0.4, 0.5) is 13.2 Å². The first-order chi connectivity index (χ1) is 8.79. The van der Waals surface area contributed by atoms with Gasteiger partial charge in [-0.15, -0.1) is 22.9 Å². The van der Waals surface area contributed by atoms with Gasteiger partial charge in [0, 0.05) is 4.88 Å². The van der Waals surface area contributed by atoms with Gasteiger partial charge in [0.1, 0.15) is 0 Å². The number of alkyl halides is 4. The highest BCUT2D eigenvalue weighted by atomic mass is 35.5. The summed E-state index contributed by atoms with van der Waals surface area (Å²) in [5, 5.41) is -0.626. The summed E-state index contributed by atoms with van der Waals surface area (Å²) in [4.78, 5) is 0.739. The lowest BCUT2D eigenvalue weighted by Gasteiger charge is -2.11.